The van der Waals surface area contributed by atoms with Crippen LogP contribution in [-0.4, -0.2) is 35.3 Å². The summed E-state index contributed by atoms with van der Waals surface area (Å²) in [5.74, 6) is 0.0304. The number of nitrogens with one attached hydrogen (secondary N) is 1. The highest BCUT2D eigenvalue weighted by atomic mass is 16.2. The van der Waals surface area contributed by atoms with E-state index in [0.29, 0.717) is 25.3 Å². The maximum atomic E-state index is 13.0. The molecule has 0 saturated heterocycles. The van der Waals surface area contributed by atoms with Gasteiger partial charge in [0, 0.05) is 31.7 Å². The Bertz CT molecular complexity index is 813. The highest BCUT2D eigenvalue weighted by molar-refractivity contribution is 6.13. The lowest BCUT2D eigenvalue weighted by Gasteiger charge is -2.24. The van der Waals surface area contributed by atoms with E-state index in [-0.39, 0.29) is 11.8 Å². The lowest BCUT2D eigenvalue weighted by atomic mass is 9.99. The summed E-state index contributed by atoms with van der Waals surface area (Å²) in [5.41, 5.74) is 2.11. The number of likely N-dealkylation sites (N-methyl/N-ethyl adjacent to an activating group) is 1. The zero-order valence-electron chi connectivity index (χ0n) is 16.2. The van der Waals surface area contributed by atoms with Crippen molar-refractivity contribution in [3.8, 4) is 0 Å². The van der Waals surface area contributed by atoms with Gasteiger partial charge in [-0.05, 0) is 54.5 Å². The van der Waals surface area contributed by atoms with Gasteiger partial charge >= 0.3 is 0 Å². The number of nitrogens with zero attached hydrogens (tertiary/aromatic N) is 2. The average molecular weight is 365 g/mol. The van der Waals surface area contributed by atoms with E-state index in [1.807, 2.05) is 36.4 Å². The Balaban J connectivity index is 1.65. The number of carbonyl (C=O) groups excluding carboxylic acids is 2. The average Bonchev–Trinajstić information content (AvgIpc) is 3.48. The monoisotopic (exact) mass is 365 g/mol. The summed E-state index contributed by atoms with van der Waals surface area (Å²) < 4.78 is 0. The summed E-state index contributed by atoms with van der Waals surface area (Å²) in [7, 11) is 1.78. The van der Waals surface area contributed by atoms with E-state index in [0.717, 1.165) is 23.2 Å². The standard InChI is InChI=1S/C22H27N3O2/c1-16(2)18-6-4-5-7-19(18)24-20(26)22(11-12-22)21(27)25(3)15-10-17-8-13-23-14-9-17/h4-9,13-14,16H,10-12,15H2,1-3H3,(H,24,26). The molecule has 1 N–H and O–H groups in total. The first-order valence-electron chi connectivity index (χ1n) is 9.49. The number of benzene rings is 1. The third-order valence-corrected chi connectivity index (χ3v) is 5.26. The summed E-state index contributed by atoms with van der Waals surface area (Å²) in [6.45, 7) is 4.77. The molecule has 0 radical (unpaired) electrons. The largest absolute Gasteiger partial charge is 0.344 e. The van der Waals surface area contributed by atoms with Crippen LogP contribution in [0.3, 0.4) is 0 Å². The van der Waals surface area contributed by atoms with Crippen LogP contribution in [0.15, 0.2) is 48.8 Å². The minimum atomic E-state index is -0.906. The van der Waals surface area contributed by atoms with Crippen molar-refractivity contribution < 1.29 is 9.59 Å². The van der Waals surface area contributed by atoms with E-state index >= 15 is 0 Å². The molecular weight excluding hydrogens is 338 g/mol. The van der Waals surface area contributed by atoms with Crippen molar-refractivity contribution >= 4 is 17.5 Å². The molecule has 1 aliphatic carbocycles. The Morgan fingerprint density at radius 3 is 2.44 bits per heavy atom. The number of hydrogen-bond acceptors (Lipinski definition) is 3. The quantitative estimate of drug-likeness (QED) is 0.762. The van der Waals surface area contributed by atoms with Gasteiger partial charge in [-0.3, -0.25) is 14.6 Å². The van der Waals surface area contributed by atoms with Crippen molar-refractivity contribution in [2.45, 2.75) is 39.0 Å². The van der Waals surface area contributed by atoms with Crippen LogP contribution in [-0.2, 0) is 16.0 Å². The molecule has 3 rings (SSSR count). The Labute approximate surface area is 160 Å². The van der Waals surface area contributed by atoms with E-state index in [4.69, 9.17) is 0 Å². The summed E-state index contributed by atoms with van der Waals surface area (Å²) >= 11 is 0. The van der Waals surface area contributed by atoms with Crippen molar-refractivity contribution in [1.82, 2.24) is 9.88 Å². The van der Waals surface area contributed by atoms with Crippen LogP contribution >= 0.6 is 0 Å². The van der Waals surface area contributed by atoms with E-state index in [1.165, 1.54) is 0 Å². The Morgan fingerprint density at radius 1 is 1.15 bits per heavy atom. The molecule has 1 aromatic heterocycles. The second-order valence-corrected chi connectivity index (χ2v) is 7.61. The maximum Gasteiger partial charge on any atom is 0.240 e. The first-order valence-corrected chi connectivity index (χ1v) is 9.49. The van der Waals surface area contributed by atoms with E-state index in [2.05, 4.69) is 24.1 Å². The van der Waals surface area contributed by atoms with Gasteiger partial charge in [0.15, 0.2) is 0 Å². The van der Waals surface area contributed by atoms with Gasteiger partial charge in [-0.2, -0.15) is 0 Å². The van der Waals surface area contributed by atoms with Gasteiger partial charge < -0.3 is 10.2 Å². The van der Waals surface area contributed by atoms with Crippen LogP contribution in [0.4, 0.5) is 5.69 Å². The van der Waals surface area contributed by atoms with Gasteiger partial charge in [0.25, 0.3) is 0 Å². The minimum Gasteiger partial charge on any atom is -0.344 e. The second kappa shape index (κ2) is 7.91. The van der Waals surface area contributed by atoms with Crippen LogP contribution in [0.1, 0.15) is 43.7 Å². The number of amides is 2. The predicted molar refractivity (Wildman–Crippen MR) is 106 cm³/mol. The van der Waals surface area contributed by atoms with Crippen LogP contribution < -0.4 is 5.32 Å². The molecule has 1 aliphatic rings. The third kappa shape index (κ3) is 4.18. The second-order valence-electron chi connectivity index (χ2n) is 7.61. The number of rotatable bonds is 7. The molecule has 5 nitrogen and oxygen atoms in total. The Hall–Kier alpha value is -2.69. The molecule has 27 heavy (non-hydrogen) atoms. The van der Waals surface area contributed by atoms with Crippen LogP contribution in [0.25, 0.3) is 0 Å². The molecular formula is C22H27N3O2. The van der Waals surface area contributed by atoms with Crippen LogP contribution in [0, 0.1) is 5.41 Å². The number of pyridine rings is 1. The highest BCUT2D eigenvalue weighted by Crippen LogP contribution is 2.48. The van der Waals surface area contributed by atoms with Gasteiger partial charge in [-0.25, -0.2) is 0 Å². The number of hydrogen-bond donors (Lipinski definition) is 1. The molecule has 2 aromatic rings. The zero-order valence-corrected chi connectivity index (χ0v) is 16.2. The third-order valence-electron chi connectivity index (χ3n) is 5.26. The molecule has 1 saturated carbocycles. The lowest BCUT2D eigenvalue weighted by Crippen LogP contribution is -2.42. The number of anilines is 1. The molecule has 1 fully saturated rings. The van der Waals surface area contributed by atoms with Crippen LogP contribution in [0.2, 0.25) is 0 Å². The normalized spacial score (nSPS) is 14.7. The first kappa shape index (κ1) is 19.1. The highest BCUT2D eigenvalue weighted by Gasteiger charge is 2.57. The number of carbonyl (C=O) groups is 2. The zero-order chi connectivity index (χ0) is 19.4. The van der Waals surface area contributed by atoms with E-state index in [1.54, 1.807) is 24.3 Å². The molecule has 1 aromatic carbocycles. The van der Waals surface area contributed by atoms with E-state index in [9.17, 15) is 9.59 Å². The molecule has 1 heterocycles. The van der Waals surface area contributed by atoms with Crippen molar-refractivity contribution in [1.29, 1.82) is 0 Å². The molecule has 0 bridgehead atoms. The fraction of sp³-hybridized carbons (Fsp3) is 0.409. The van der Waals surface area contributed by atoms with Gasteiger partial charge in [-0.15, -0.1) is 0 Å². The smallest absolute Gasteiger partial charge is 0.240 e. The van der Waals surface area contributed by atoms with Gasteiger partial charge in [0.1, 0.15) is 5.41 Å². The van der Waals surface area contributed by atoms with Gasteiger partial charge in [-0.1, -0.05) is 32.0 Å². The molecule has 5 heteroatoms. The maximum absolute atomic E-state index is 13.0. The van der Waals surface area contributed by atoms with Crippen LogP contribution in [0.5, 0.6) is 0 Å². The summed E-state index contributed by atoms with van der Waals surface area (Å²) in [5, 5.41) is 3.01. The molecule has 0 atom stereocenters. The van der Waals surface area contributed by atoms with Crippen molar-refractivity contribution in [2.24, 2.45) is 5.41 Å². The van der Waals surface area contributed by atoms with Crippen molar-refractivity contribution in [3.05, 3.63) is 59.9 Å². The molecule has 0 unspecified atom stereocenters. The number of aromatic nitrogens is 1. The minimum absolute atomic E-state index is 0.0870. The molecule has 0 spiro atoms. The molecule has 142 valence electrons. The lowest BCUT2D eigenvalue weighted by molar-refractivity contribution is -0.141. The topological polar surface area (TPSA) is 62.3 Å². The van der Waals surface area contributed by atoms with E-state index < -0.39 is 5.41 Å². The SMILES string of the molecule is CC(C)c1ccccc1NC(=O)C1(C(=O)N(C)CCc2ccncc2)CC1. The van der Waals surface area contributed by atoms with Crippen molar-refractivity contribution in [2.75, 3.05) is 18.9 Å². The van der Waals surface area contributed by atoms with Gasteiger partial charge in [0.2, 0.25) is 11.8 Å². The first-order chi connectivity index (χ1) is 12.9. The predicted octanol–water partition coefficient (Wildman–Crippen LogP) is 3.62. The fourth-order valence-electron chi connectivity index (χ4n) is 3.33. The van der Waals surface area contributed by atoms with Crippen molar-refractivity contribution in [3.63, 3.8) is 0 Å². The summed E-state index contributed by atoms with van der Waals surface area (Å²) in [4.78, 5) is 31.6. The molecule has 2 amide bonds. The molecule has 0 aliphatic heterocycles. The van der Waals surface area contributed by atoms with Gasteiger partial charge in [0.05, 0.1) is 0 Å². The summed E-state index contributed by atoms with van der Waals surface area (Å²) in [6, 6.07) is 11.7. The summed E-state index contributed by atoms with van der Waals surface area (Å²) in [6.07, 6.45) is 5.47. The fourth-order valence-corrected chi connectivity index (χ4v) is 3.33. The number of para-hydroxylation sites is 1. The Kier molecular flexibility index (Phi) is 5.59. The Morgan fingerprint density at radius 2 is 1.81 bits per heavy atom.